The fourth-order valence-electron chi connectivity index (χ4n) is 1.89. The summed E-state index contributed by atoms with van der Waals surface area (Å²) in [6, 6.07) is 3.95. The molecule has 1 aliphatic heterocycles. The van der Waals surface area contributed by atoms with Crippen molar-refractivity contribution in [3.63, 3.8) is 0 Å². The van der Waals surface area contributed by atoms with E-state index in [-0.39, 0.29) is 0 Å². The summed E-state index contributed by atoms with van der Waals surface area (Å²) in [5.41, 5.74) is 0. The van der Waals surface area contributed by atoms with Crippen molar-refractivity contribution in [1.82, 2.24) is 15.1 Å². The molecule has 0 spiro atoms. The molecule has 0 bridgehead atoms. The number of piperazine rings is 1. The fourth-order valence-corrected chi connectivity index (χ4v) is 2.07. The first-order valence-electron chi connectivity index (χ1n) is 5.51. The van der Waals surface area contributed by atoms with Gasteiger partial charge in [-0.1, -0.05) is 0 Å². The molecule has 0 radical (unpaired) electrons. The maximum atomic E-state index is 5.34. The highest BCUT2D eigenvalue weighted by atomic mass is 32.1. The van der Waals surface area contributed by atoms with Crippen LogP contribution in [0.4, 0.5) is 0 Å². The van der Waals surface area contributed by atoms with Crippen molar-refractivity contribution >= 4 is 17.3 Å². The molecule has 16 heavy (non-hydrogen) atoms. The minimum atomic E-state index is 0.845. The van der Waals surface area contributed by atoms with Crippen molar-refractivity contribution in [2.45, 2.75) is 6.54 Å². The second-order valence-electron chi connectivity index (χ2n) is 3.90. The molecule has 0 aromatic carbocycles. The van der Waals surface area contributed by atoms with Gasteiger partial charge >= 0.3 is 0 Å². The van der Waals surface area contributed by atoms with Crippen LogP contribution >= 0.6 is 12.2 Å². The molecular formula is C11H17N3OS. The molecule has 1 aromatic rings. The first-order chi connectivity index (χ1) is 7.79. The second-order valence-corrected chi connectivity index (χ2v) is 4.28. The summed E-state index contributed by atoms with van der Waals surface area (Å²) in [4.78, 5) is 4.58. The number of nitrogens with zero attached hydrogens (tertiary/aromatic N) is 2. The van der Waals surface area contributed by atoms with E-state index in [0.717, 1.165) is 43.6 Å². The van der Waals surface area contributed by atoms with Crippen molar-refractivity contribution in [2.24, 2.45) is 0 Å². The zero-order valence-corrected chi connectivity index (χ0v) is 10.3. The van der Waals surface area contributed by atoms with E-state index in [1.165, 1.54) is 0 Å². The standard InChI is InChI=1S/C11H17N3OS/c1-12-11(16)14-6-4-13(5-7-14)9-10-3-2-8-15-10/h2-3,8H,4-7,9H2,1H3,(H,12,16). The lowest BCUT2D eigenvalue weighted by Crippen LogP contribution is -2.50. The molecule has 4 nitrogen and oxygen atoms in total. The van der Waals surface area contributed by atoms with Gasteiger partial charge in [-0.2, -0.15) is 0 Å². The minimum absolute atomic E-state index is 0.845. The molecule has 1 fully saturated rings. The summed E-state index contributed by atoms with van der Waals surface area (Å²) in [5, 5.41) is 3.86. The Kier molecular flexibility index (Phi) is 3.79. The maximum Gasteiger partial charge on any atom is 0.168 e. The first-order valence-corrected chi connectivity index (χ1v) is 5.92. The normalized spacial score (nSPS) is 17.4. The van der Waals surface area contributed by atoms with Gasteiger partial charge in [-0.25, -0.2) is 0 Å². The van der Waals surface area contributed by atoms with E-state index in [1.54, 1.807) is 6.26 Å². The van der Waals surface area contributed by atoms with Crippen LogP contribution in [0.3, 0.4) is 0 Å². The van der Waals surface area contributed by atoms with Crippen molar-refractivity contribution in [3.05, 3.63) is 24.2 Å². The molecule has 0 unspecified atom stereocenters. The first kappa shape index (κ1) is 11.4. The molecular weight excluding hydrogens is 222 g/mol. The van der Waals surface area contributed by atoms with Crippen molar-refractivity contribution in [3.8, 4) is 0 Å². The number of nitrogens with one attached hydrogen (secondary N) is 1. The van der Waals surface area contributed by atoms with Gasteiger partial charge in [-0.3, -0.25) is 4.90 Å². The minimum Gasteiger partial charge on any atom is -0.468 e. The van der Waals surface area contributed by atoms with Crippen LogP contribution in [0.25, 0.3) is 0 Å². The molecule has 0 amide bonds. The summed E-state index contributed by atoms with van der Waals surface area (Å²) in [7, 11) is 1.87. The average Bonchev–Trinajstić information content (AvgIpc) is 2.82. The molecule has 0 atom stereocenters. The Morgan fingerprint density at radius 2 is 2.19 bits per heavy atom. The molecule has 1 saturated heterocycles. The van der Waals surface area contributed by atoms with Gasteiger partial charge in [-0.05, 0) is 24.4 Å². The summed E-state index contributed by atoms with van der Waals surface area (Å²) in [6.45, 7) is 4.93. The lowest BCUT2D eigenvalue weighted by molar-refractivity contribution is 0.165. The molecule has 88 valence electrons. The largest absolute Gasteiger partial charge is 0.468 e. The van der Waals surface area contributed by atoms with Crippen LogP contribution in [0.2, 0.25) is 0 Å². The van der Waals surface area contributed by atoms with Gasteiger partial charge < -0.3 is 14.6 Å². The highest BCUT2D eigenvalue weighted by molar-refractivity contribution is 7.80. The average molecular weight is 239 g/mol. The highest BCUT2D eigenvalue weighted by Gasteiger charge is 2.18. The van der Waals surface area contributed by atoms with Gasteiger partial charge in [0.1, 0.15) is 5.76 Å². The molecule has 2 rings (SSSR count). The quantitative estimate of drug-likeness (QED) is 0.775. The van der Waals surface area contributed by atoms with Crippen LogP contribution < -0.4 is 5.32 Å². The third-order valence-electron chi connectivity index (χ3n) is 2.83. The van der Waals surface area contributed by atoms with E-state index in [2.05, 4.69) is 15.1 Å². The topological polar surface area (TPSA) is 31.6 Å². The van der Waals surface area contributed by atoms with E-state index in [9.17, 15) is 0 Å². The summed E-state index contributed by atoms with van der Waals surface area (Å²) >= 11 is 5.21. The predicted molar refractivity (Wildman–Crippen MR) is 67.2 cm³/mol. The third kappa shape index (κ3) is 2.74. The van der Waals surface area contributed by atoms with Crippen LogP contribution in [0.5, 0.6) is 0 Å². The third-order valence-corrected chi connectivity index (χ3v) is 3.30. The Hall–Kier alpha value is -1.07. The maximum absolute atomic E-state index is 5.34. The van der Waals surface area contributed by atoms with Crippen LogP contribution in [-0.4, -0.2) is 48.1 Å². The van der Waals surface area contributed by atoms with E-state index in [4.69, 9.17) is 16.6 Å². The van der Waals surface area contributed by atoms with Gasteiger partial charge in [0.05, 0.1) is 12.8 Å². The molecule has 1 aliphatic rings. The van der Waals surface area contributed by atoms with Gasteiger partial charge in [0.2, 0.25) is 0 Å². The monoisotopic (exact) mass is 239 g/mol. The Labute approximate surface area is 101 Å². The van der Waals surface area contributed by atoms with Gasteiger partial charge in [0.15, 0.2) is 5.11 Å². The predicted octanol–water partition coefficient (Wildman–Crippen LogP) is 0.901. The van der Waals surface area contributed by atoms with E-state index >= 15 is 0 Å². The second kappa shape index (κ2) is 5.32. The van der Waals surface area contributed by atoms with Crippen molar-refractivity contribution < 1.29 is 4.42 Å². The van der Waals surface area contributed by atoms with E-state index in [1.807, 2.05) is 19.2 Å². The van der Waals surface area contributed by atoms with Crippen molar-refractivity contribution in [1.29, 1.82) is 0 Å². The number of hydrogen-bond acceptors (Lipinski definition) is 3. The van der Waals surface area contributed by atoms with E-state index < -0.39 is 0 Å². The Bertz CT molecular complexity index is 331. The SMILES string of the molecule is CNC(=S)N1CCN(Cc2ccco2)CC1. The number of hydrogen-bond donors (Lipinski definition) is 1. The molecule has 1 aromatic heterocycles. The zero-order chi connectivity index (χ0) is 11.4. The Morgan fingerprint density at radius 3 is 2.75 bits per heavy atom. The van der Waals surface area contributed by atoms with Gasteiger partial charge in [0, 0.05) is 33.2 Å². The smallest absolute Gasteiger partial charge is 0.168 e. The fraction of sp³-hybridized carbons (Fsp3) is 0.545. The molecule has 0 saturated carbocycles. The molecule has 0 aliphatic carbocycles. The number of thiocarbonyl (C=S) groups is 1. The highest BCUT2D eigenvalue weighted by Crippen LogP contribution is 2.08. The number of rotatable bonds is 2. The van der Waals surface area contributed by atoms with Crippen LogP contribution in [0.1, 0.15) is 5.76 Å². The van der Waals surface area contributed by atoms with E-state index in [0.29, 0.717) is 0 Å². The summed E-state index contributed by atoms with van der Waals surface area (Å²) in [5.74, 6) is 1.03. The van der Waals surface area contributed by atoms with Crippen LogP contribution in [0, 0.1) is 0 Å². The number of furan rings is 1. The van der Waals surface area contributed by atoms with Gasteiger partial charge in [0.25, 0.3) is 0 Å². The Balaban J connectivity index is 1.79. The Morgan fingerprint density at radius 1 is 1.44 bits per heavy atom. The lowest BCUT2D eigenvalue weighted by atomic mass is 10.3. The summed E-state index contributed by atoms with van der Waals surface area (Å²) in [6.07, 6.45) is 1.72. The lowest BCUT2D eigenvalue weighted by Gasteiger charge is -2.35. The summed E-state index contributed by atoms with van der Waals surface area (Å²) < 4.78 is 5.34. The molecule has 1 N–H and O–H groups in total. The van der Waals surface area contributed by atoms with Crippen molar-refractivity contribution in [2.75, 3.05) is 33.2 Å². The van der Waals surface area contributed by atoms with Gasteiger partial charge in [-0.15, -0.1) is 0 Å². The molecule has 5 heteroatoms. The van der Waals surface area contributed by atoms with Crippen LogP contribution in [0.15, 0.2) is 22.8 Å². The molecule has 2 heterocycles. The zero-order valence-electron chi connectivity index (χ0n) is 9.48. The van der Waals surface area contributed by atoms with Crippen LogP contribution in [-0.2, 0) is 6.54 Å².